The smallest absolute Gasteiger partial charge is 0.222 e. The van der Waals surface area contributed by atoms with Crippen LogP contribution in [0.1, 0.15) is 35.6 Å². The van der Waals surface area contributed by atoms with Gasteiger partial charge in [-0.2, -0.15) is 0 Å². The number of aromatic amines is 1. The fourth-order valence-corrected chi connectivity index (χ4v) is 4.40. The number of rotatable bonds is 3. The van der Waals surface area contributed by atoms with Crippen LogP contribution in [0.3, 0.4) is 0 Å². The van der Waals surface area contributed by atoms with E-state index >= 15 is 0 Å². The van der Waals surface area contributed by atoms with Gasteiger partial charge in [0.05, 0.1) is 6.54 Å². The van der Waals surface area contributed by atoms with E-state index in [1.54, 1.807) is 12.4 Å². The third-order valence-electron chi connectivity index (χ3n) is 5.44. The molecule has 0 radical (unpaired) electrons. The number of anilines is 1. The predicted molar refractivity (Wildman–Crippen MR) is 95.1 cm³/mol. The first-order chi connectivity index (χ1) is 11.9. The van der Waals surface area contributed by atoms with E-state index in [1.807, 2.05) is 6.07 Å². The van der Waals surface area contributed by atoms with E-state index in [-0.39, 0.29) is 0 Å². The van der Waals surface area contributed by atoms with Crippen molar-refractivity contribution in [2.45, 2.75) is 37.8 Å². The number of aromatic nitrogens is 3. The number of nitrogens with one attached hydrogen (secondary N) is 3. The summed E-state index contributed by atoms with van der Waals surface area (Å²) in [5, 5.41) is 8.53. The molecule has 0 bridgehead atoms. The van der Waals surface area contributed by atoms with Gasteiger partial charge in [-0.05, 0) is 49.1 Å². The lowest BCUT2D eigenvalue weighted by molar-refractivity contribution is 0.345. The summed E-state index contributed by atoms with van der Waals surface area (Å²) >= 11 is 0. The van der Waals surface area contributed by atoms with Gasteiger partial charge in [-0.25, -0.2) is 9.97 Å². The second-order valence-electron chi connectivity index (χ2n) is 6.79. The number of benzene rings is 1. The number of H-pyrrole nitrogens is 1. The number of fused-ring (bicyclic) bond motifs is 2. The van der Waals surface area contributed by atoms with Gasteiger partial charge >= 0.3 is 0 Å². The summed E-state index contributed by atoms with van der Waals surface area (Å²) < 4.78 is 0. The molecular weight excluding hydrogens is 298 g/mol. The van der Waals surface area contributed by atoms with Crippen molar-refractivity contribution in [3.05, 3.63) is 53.5 Å². The van der Waals surface area contributed by atoms with Crippen LogP contribution in [-0.2, 0) is 13.0 Å². The summed E-state index contributed by atoms with van der Waals surface area (Å²) in [6.45, 7) is 1.87. The van der Waals surface area contributed by atoms with Crippen LogP contribution in [0.4, 0.5) is 5.95 Å². The Bertz CT molecular complexity index is 870. The standard InChI is InChI=1S/C19H21N5/c1-4-13-12-5-2-7-20-16(12)10-14-17(24-15(6-1)18(13)14)11-23-19-21-8-3-9-22-19/h1,3-4,6,8-9,12,16,20,24H,2,5,7,10-11H2,(H,21,22,23)/t12?,16-/m1/s1. The molecule has 5 nitrogen and oxygen atoms in total. The normalized spacial score (nSPS) is 22.3. The van der Waals surface area contributed by atoms with Crippen LogP contribution in [-0.4, -0.2) is 27.5 Å². The molecule has 1 aromatic carbocycles. The summed E-state index contributed by atoms with van der Waals surface area (Å²) in [7, 11) is 0. The molecule has 2 aromatic heterocycles. The SMILES string of the molecule is c1cnc(NCc2[nH]c3cccc4c3c2C[C@H]2NCCCC42)nc1. The lowest BCUT2D eigenvalue weighted by Gasteiger charge is -2.37. The number of hydrogen-bond acceptors (Lipinski definition) is 4. The van der Waals surface area contributed by atoms with Crippen molar-refractivity contribution in [1.82, 2.24) is 20.3 Å². The fourth-order valence-electron chi connectivity index (χ4n) is 4.40. The molecule has 0 saturated carbocycles. The zero-order valence-corrected chi connectivity index (χ0v) is 13.5. The summed E-state index contributed by atoms with van der Waals surface area (Å²) in [6, 6.07) is 9.10. The molecular formula is C19H21N5. The van der Waals surface area contributed by atoms with Crippen LogP contribution in [0.5, 0.6) is 0 Å². The zero-order chi connectivity index (χ0) is 15.9. The predicted octanol–water partition coefficient (Wildman–Crippen LogP) is 2.96. The average Bonchev–Trinajstić information content (AvgIpc) is 3.00. The van der Waals surface area contributed by atoms with Gasteiger partial charge < -0.3 is 15.6 Å². The van der Waals surface area contributed by atoms with Crippen LogP contribution in [0.2, 0.25) is 0 Å². The largest absolute Gasteiger partial charge is 0.357 e. The molecule has 1 aliphatic heterocycles. The molecule has 0 amide bonds. The Kier molecular flexibility index (Phi) is 3.26. The summed E-state index contributed by atoms with van der Waals surface area (Å²) in [5.41, 5.74) is 5.50. The van der Waals surface area contributed by atoms with E-state index in [2.05, 4.69) is 43.8 Å². The molecule has 3 aromatic rings. The van der Waals surface area contributed by atoms with Crippen LogP contribution < -0.4 is 10.6 Å². The van der Waals surface area contributed by atoms with E-state index in [4.69, 9.17) is 0 Å². The summed E-state index contributed by atoms with van der Waals surface area (Å²) in [4.78, 5) is 12.1. The number of piperidine rings is 1. The van der Waals surface area contributed by atoms with E-state index < -0.39 is 0 Å². The number of hydrogen-bond donors (Lipinski definition) is 3. The highest BCUT2D eigenvalue weighted by Crippen LogP contribution is 2.41. The molecule has 2 atom stereocenters. The minimum Gasteiger partial charge on any atom is -0.357 e. The second-order valence-corrected chi connectivity index (χ2v) is 6.79. The molecule has 2 aliphatic rings. The van der Waals surface area contributed by atoms with Crippen molar-refractivity contribution >= 4 is 16.9 Å². The highest BCUT2D eigenvalue weighted by atomic mass is 15.1. The van der Waals surface area contributed by atoms with E-state index in [1.165, 1.54) is 40.6 Å². The lowest BCUT2D eigenvalue weighted by atomic mass is 9.75. The van der Waals surface area contributed by atoms with Crippen molar-refractivity contribution in [1.29, 1.82) is 0 Å². The molecule has 1 unspecified atom stereocenters. The minimum absolute atomic E-state index is 0.569. The molecule has 1 fully saturated rings. The van der Waals surface area contributed by atoms with Gasteiger partial charge in [0.2, 0.25) is 5.95 Å². The average molecular weight is 319 g/mol. The van der Waals surface area contributed by atoms with Crippen LogP contribution >= 0.6 is 0 Å². The van der Waals surface area contributed by atoms with Crippen molar-refractivity contribution in [2.75, 3.05) is 11.9 Å². The molecule has 5 heteroatoms. The molecule has 5 rings (SSSR count). The van der Waals surface area contributed by atoms with Crippen LogP contribution in [0.15, 0.2) is 36.7 Å². The topological polar surface area (TPSA) is 65.6 Å². The summed E-state index contributed by atoms with van der Waals surface area (Å²) in [5.74, 6) is 1.33. The van der Waals surface area contributed by atoms with Crippen LogP contribution in [0, 0.1) is 0 Å². The van der Waals surface area contributed by atoms with Crippen molar-refractivity contribution in [3.8, 4) is 0 Å². The van der Waals surface area contributed by atoms with Gasteiger partial charge in [-0.3, -0.25) is 0 Å². The maximum Gasteiger partial charge on any atom is 0.222 e. The maximum absolute atomic E-state index is 4.25. The van der Waals surface area contributed by atoms with Gasteiger partial charge in [0.15, 0.2) is 0 Å². The molecule has 1 aliphatic carbocycles. The van der Waals surface area contributed by atoms with Crippen molar-refractivity contribution in [3.63, 3.8) is 0 Å². The van der Waals surface area contributed by atoms with Gasteiger partial charge in [0, 0.05) is 41.0 Å². The Hall–Kier alpha value is -2.40. The Balaban J connectivity index is 1.54. The molecule has 24 heavy (non-hydrogen) atoms. The quantitative estimate of drug-likeness (QED) is 0.694. The van der Waals surface area contributed by atoms with Crippen molar-refractivity contribution < 1.29 is 0 Å². The van der Waals surface area contributed by atoms with Crippen molar-refractivity contribution in [2.24, 2.45) is 0 Å². The van der Waals surface area contributed by atoms with E-state index in [9.17, 15) is 0 Å². The van der Waals surface area contributed by atoms with Crippen LogP contribution in [0.25, 0.3) is 10.9 Å². The zero-order valence-electron chi connectivity index (χ0n) is 13.5. The Labute approximate surface area is 140 Å². The highest BCUT2D eigenvalue weighted by Gasteiger charge is 2.34. The van der Waals surface area contributed by atoms with Gasteiger partial charge in [0.1, 0.15) is 0 Å². The molecule has 122 valence electrons. The third kappa shape index (κ3) is 2.19. The third-order valence-corrected chi connectivity index (χ3v) is 5.44. The molecule has 1 saturated heterocycles. The van der Waals surface area contributed by atoms with Gasteiger partial charge in [-0.15, -0.1) is 0 Å². The minimum atomic E-state index is 0.569. The van der Waals surface area contributed by atoms with E-state index in [0.717, 1.165) is 19.5 Å². The van der Waals surface area contributed by atoms with Gasteiger partial charge in [-0.1, -0.05) is 12.1 Å². The molecule has 3 N–H and O–H groups in total. The lowest BCUT2D eigenvalue weighted by Crippen LogP contribution is -2.43. The fraction of sp³-hybridized carbons (Fsp3) is 0.368. The second kappa shape index (κ2) is 5.60. The molecule has 3 heterocycles. The number of nitrogens with zero attached hydrogens (tertiary/aromatic N) is 2. The Morgan fingerprint density at radius 2 is 2.08 bits per heavy atom. The Morgan fingerprint density at radius 1 is 1.17 bits per heavy atom. The monoisotopic (exact) mass is 319 g/mol. The summed E-state index contributed by atoms with van der Waals surface area (Å²) in [6.07, 6.45) is 7.21. The first-order valence-corrected chi connectivity index (χ1v) is 8.77. The molecule has 0 spiro atoms. The maximum atomic E-state index is 4.25. The van der Waals surface area contributed by atoms with E-state index in [0.29, 0.717) is 17.9 Å². The van der Waals surface area contributed by atoms with Gasteiger partial charge in [0.25, 0.3) is 0 Å². The highest BCUT2D eigenvalue weighted by molar-refractivity contribution is 5.89. The Morgan fingerprint density at radius 3 is 3.00 bits per heavy atom. The first kappa shape index (κ1) is 14.0. The first-order valence-electron chi connectivity index (χ1n) is 8.77.